The first kappa shape index (κ1) is 14.9. The summed E-state index contributed by atoms with van der Waals surface area (Å²) in [5.74, 6) is 0. The first-order valence-electron chi connectivity index (χ1n) is 7.23. The Kier molecular flexibility index (Phi) is 7.09. The van der Waals surface area contributed by atoms with Gasteiger partial charge in [-0.15, -0.1) is 0 Å². The molecule has 0 spiro atoms. The third-order valence-electron chi connectivity index (χ3n) is 4.19. The van der Waals surface area contributed by atoms with E-state index in [9.17, 15) is 0 Å². The van der Waals surface area contributed by atoms with Gasteiger partial charge in [0.2, 0.25) is 0 Å². The first-order chi connectivity index (χ1) is 8.17. The van der Waals surface area contributed by atoms with Gasteiger partial charge < -0.3 is 15.1 Å². The molecule has 3 nitrogen and oxygen atoms in total. The van der Waals surface area contributed by atoms with Crippen LogP contribution in [0.4, 0.5) is 0 Å². The molecule has 1 aliphatic rings. The maximum atomic E-state index is 3.38. The third kappa shape index (κ3) is 5.36. The van der Waals surface area contributed by atoms with Gasteiger partial charge in [-0.2, -0.15) is 0 Å². The van der Waals surface area contributed by atoms with Crippen LogP contribution in [0.1, 0.15) is 39.0 Å². The summed E-state index contributed by atoms with van der Waals surface area (Å²) in [4.78, 5) is 5.02. The molecule has 1 fully saturated rings. The summed E-state index contributed by atoms with van der Waals surface area (Å²) >= 11 is 0. The average Bonchev–Trinajstić information content (AvgIpc) is 2.71. The van der Waals surface area contributed by atoms with Gasteiger partial charge in [-0.1, -0.05) is 6.92 Å². The zero-order valence-corrected chi connectivity index (χ0v) is 12.2. The molecule has 0 aliphatic carbocycles. The molecule has 1 aliphatic heterocycles. The normalized spacial score (nSPS) is 23.5. The highest BCUT2D eigenvalue weighted by Gasteiger charge is 2.21. The maximum absolute atomic E-state index is 3.38. The summed E-state index contributed by atoms with van der Waals surface area (Å²) < 4.78 is 0. The van der Waals surface area contributed by atoms with Crippen LogP contribution in [0.15, 0.2) is 0 Å². The molecule has 1 rings (SSSR count). The van der Waals surface area contributed by atoms with Gasteiger partial charge in [0.05, 0.1) is 0 Å². The number of nitrogens with zero attached hydrogens (tertiary/aromatic N) is 2. The molecule has 17 heavy (non-hydrogen) atoms. The summed E-state index contributed by atoms with van der Waals surface area (Å²) in [5, 5.41) is 3.38. The number of rotatable bonds is 8. The predicted molar refractivity (Wildman–Crippen MR) is 75.5 cm³/mol. The third-order valence-corrected chi connectivity index (χ3v) is 4.19. The lowest BCUT2D eigenvalue weighted by Crippen LogP contribution is -2.37. The van der Waals surface area contributed by atoms with E-state index in [4.69, 9.17) is 0 Å². The number of hydrogen-bond donors (Lipinski definition) is 1. The van der Waals surface area contributed by atoms with Gasteiger partial charge in [0.1, 0.15) is 0 Å². The lowest BCUT2D eigenvalue weighted by Gasteiger charge is -2.26. The molecular formula is C14H31N3. The summed E-state index contributed by atoms with van der Waals surface area (Å²) in [6.07, 6.45) is 6.62. The van der Waals surface area contributed by atoms with E-state index in [2.05, 4.69) is 43.2 Å². The average molecular weight is 241 g/mol. The van der Waals surface area contributed by atoms with Crippen molar-refractivity contribution in [2.45, 2.75) is 51.1 Å². The molecule has 0 aromatic heterocycles. The minimum Gasteiger partial charge on any atom is -0.317 e. The van der Waals surface area contributed by atoms with Crippen LogP contribution in [0.25, 0.3) is 0 Å². The van der Waals surface area contributed by atoms with Crippen molar-refractivity contribution in [3.8, 4) is 0 Å². The maximum Gasteiger partial charge on any atom is 0.0220 e. The first-order valence-corrected chi connectivity index (χ1v) is 7.23. The number of likely N-dealkylation sites (N-methyl/N-ethyl adjacent to an activating group) is 2. The van der Waals surface area contributed by atoms with Crippen molar-refractivity contribution < 1.29 is 0 Å². The van der Waals surface area contributed by atoms with E-state index < -0.39 is 0 Å². The number of nitrogens with one attached hydrogen (secondary N) is 1. The van der Waals surface area contributed by atoms with E-state index in [-0.39, 0.29) is 0 Å². The molecular weight excluding hydrogens is 210 g/mol. The van der Waals surface area contributed by atoms with E-state index in [1.807, 2.05) is 0 Å². The number of hydrogen-bond acceptors (Lipinski definition) is 3. The zero-order chi connectivity index (χ0) is 12.7. The van der Waals surface area contributed by atoms with Crippen LogP contribution in [-0.4, -0.2) is 62.7 Å². The smallest absolute Gasteiger partial charge is 0.0220 e. The van der Waals surface area contributed by atoms with Gasteiger partial charge >= 0.3 is 0 Å². The largest absolute Gasteiger partial charge is 0.317 e. The highest BCUT2D eigenvalue weighted by molar-refractivity contribution is 4.78. The summed E-state index contributed by atoms with van der Waals surface area (Å²) in [5.41, 5.74) is 0. The molecule has 2 unspecified atom stereocenters. The van der Waals surface area contributed by atoms with Crippen molar-refractivity contribution in [2.75, 3.05) is 40.8 Å². The van der Waals surface area contributed by atoms with Gasteiger partial charge in [0, 0.05) is 18.6 Å². The molecule has 1 saturated heterocycles. The lowest BCUT2D eigenvalue weighted by molar-refractivity contribution is 0.216. The molecule has 1 N–H and O–H groups in total. The zero-order valence-electron chi connectivity index (χ0n) is 12.2. The molecule has 1 heterocycles. The Morgan fingerprint density at radius 1 is 1.47 bits per heavy atom. The Hall–Kier alpha value is -0.120. The van der Waals surface area contributed by atoms with Gasteiger partial charge in [-0.25, -0.2) is 0 Å². The van der Waals surface area contributed by atoms with Gasteiger partial charge in [0.15, 0.2) is 0 Å². The monoisotopic (exact) mass is 241 g/mol. The van der Waals surface area contributed by atoms with E-state index in [1.165, 1.54) is 51.7 Å². The van der Waals surface area contributed by atoms with Crippen molar-refractivity contribution >= 4 is 0 Å². The lowest BCUT2D eigenvalue weighted by atomic mass is 10.1. The molecule has 0 aromatic rings. The van der Waals surface area contributed by atoms with Crippen LogP contribution in [0.2, 0.25) is 0 Å². The SMILES string of the molecule is CCC(CCCN(C)CC1CCCN1C)NC. The number of likely N-dealkylation sites (tertiary alicyclic amines) is 1. The van der Waals surface area contributed by atoms with Crippen LogP contribution < -0.4 is 5.32 Å². The van der Waals surface area contributed by atoms with E-state index >= 15 is 0 Å². The summed E-state index contributed by atoms with van der Waals surface area (Å²) in [6.45, 7) is 6.03. The molecule has 3 heteroatoms. The highest BCUT2D eigenvalue weighted by atomic mass is 15.2. The Balaban J connectivity index is 2.10. The van der Waals surface area contributed by atoms with Crippen molar-refractivity contribution in [3.63, 3.8) is 0 Å². The Morgan fingerprint density at radius 3 is 2.76 bits per heavy atom. The quantitative estimate of drug-likeness (QED) is 0.699. The van der Waals surface area contributed by atoms with Crippen LogP contribution >= 0.6 is 0 Å². The summed E-state index contributed by atoms with van der Waals surface area (Å²) in [7, 11) is 6.61. The molecule has 0 aromatic carbocycles. The molecule has 0 saturated carbocycles. The second-order valence-corrected chi connectivity index (χ2v) is 5.57. The molecule has 0 amide bonds. The minimum absolute atomic E-state index is 0.706. The molecule has 2 atom stereocenters. The molecule has 0 bridgehead atoms. The fraction of sp³-hybridized carbons (Fsp3) is 1.00. The standard InChI is InChI=1S/C14H31N3/c1-5-13(15-2)8-6-10-16(3)12-14-9-7-11-17(14)4/h13-15H,5-12H2,1-4H3. The highest BCUT2D eigenvalue weighted by Crippen LogP contribution is 2.15. The van der Waals surface area contributed by atoms with Crippen LogP contribution in [0.5, 0.6) is 0 Å². The van der Waals surface area contributed by atoms with Crippen molar-refractivity contribution in [2.24, 2.45) is 0 Å². The van der Waals surface area contributed by atoms with Crippen molar-refractivity contribution in [1.29, 1.82) is 0 Å². The van der Waals surface area contributed by atoms with Gasteiger partial charge in [0.25, 0.3) is 0 Å². The molecule has 0 radical (unpaired) electrons. The van der Waals surface area contributed by atoms with E-state index in [0.717, 1.165) is 6.04 Å². The van der Waals surface area contributed by atoms with Crippen LogP contribution in [0, 0.1) is 0 Å². The van der Waals surface area contributed by atoms with Gasteiger partial charge in [-0.3, -0.25) is 0 Å². The van der Waals surface area contributed by atoms with Crippen LogP contribution in [0.3, 0.4) is 0 Å². The van der Waals surface area contributed by atoms with E-state index in [0.29, 0.717) is 6.04 Å². The van der Waals surface area contributed by atoms with E-state index in [1.54, 1.807) is 0 Å². The topological polar surface area (TPSA) is 18.5 Å². The summed E-state index contributed by atoms with van der Waals surface area (Å²) in [6, 6.07) is 1.50. The van der Waals surface area contributed by atoms with Gasteiger partial charge in [-0.05, 0) is 66.3 Å². The fourth-order valence-corrected chi connectivity index (χ4v) is 2.82. The second-order valence-electron chi connectivity index (χ2n) is 5.57. The Labute approximate surface area is 108 Å². The predicted octanol–water partition coefficient (Wildman–Crippen LogP) is 1.79. The fourth-order valence-electron chi connectivity index (χ4n) is 2.82. The second kappa shape index (κ2) is 8.06. The minimum atomic E-state index is 0.706. The van der Waals surface area contributed by atoms with Crippen molar-refractivity contribution in [1.82, 2.24) is 15.1 Å². The molecule has 102 valence electrons. The van der Waals surface area contributed by atoms with Crippen LogP contribution in [-0.2, 0) is 0 Å². The Morgan fingerprint density at radius 2 is 2.24 bits per heavy atom. The Bertz CT molecular complexity index is 192. The van der Waals surface area contributed by atoms with Crippen molar-refractivity contribution in [3.05, 3.63) is 0 Å².